The van der Waals surface area contributed by atoms with Crippen LogP contribution in [0.1, 0.15) is 29.6 Å². The van der Waals surface area contributed by atoms with Crippen LogP contribution >= 0.6 is 0 Å². The van der Waals surface area contributed by atoms with Gasteiger partial charge in [0.1, 0.15) is 11.3 Å². The molecule has 0 amide bonds. The second kappa shape index (κ2) is 7.46. The number of nitrogens with zero attached hydrogens (tertiary/aromatic N) is 1. The van der Waals surface area contributed by atoms with Crippen molar-refractivity contribution in [3.05, 3.63) is 23.8 Å². The Morgan fingerprint density at radius 3 is 2.77 bits per heavy atom. The van der Waals surface area contributed by atoms with Gasteiger partial charge in [0.15, 0.2) is 5.78 Å². The number of methoxy groups -OCH3 is 3. The predicted octanol–water partition coefficient (Wildman–Crippen LogP) is 1.32. The molecule has 0 radical (unpaired) electrons. The van der Waals surface area contributed by atoms with E-state index in [0.29, 0.717) is 30.6 Å². The van der Waals surface area contributed by atoms with E-state index in [1.807, 2.05) is 18.2 Å². The normalized spacial score (nSPS) is 38.9. The van der Waals surface area contributed by atoms with E-state index in [4.69, 9.17) is 14.2 Å². The van der Waals surface area contributed by atoms with E-state index in [9.17, 15) is 14.7 Å². The first-order chi connectivity index (χ1) is 14.9. The number of benzene rings is 1. The maximum atomic E-state index is 13.6. The molecule has 3 heterocycles. The standard InChI is InChI=1S/C23H30N2O6/c1-29-13-4-5-14-16(9-13)24-23(21(14)27)6-7-25-11-12-8-17(26)20(30-2)19(22(28)31-3)15(12)10-18(23)25/h4-5,9,12,15,17-20,24,26H,6-8,10-11H2,1-3H3/t12-,15+,17-,18+,19+,20+,23-/m1/s1. The molecule has 0 unspecified atom stereocenters. The molecule has 8 heteroatoms. The lowest BCUT2D eigenvalue weighted by Crippen LogP contribution is -2.62. The summed E-state index contributed by atoms with van der Waals surface area (Å²) in [4.78, 5) is 28.7. The number of carbonyl (C=O) groups excluding carboxylic acids is 2. The molecule has 4 aliphatic rings. The van der Waals surface area contributed by atoms with Crippen LogP contribution in [0.5, 0.6) is 5.75 Å². The highest BCUT2D eigenvalue weighted by molar-refractivity contribution is 6.14. The molecule has 8 nitrogen and oxygen atoms in total. The second-order valence-corrected chi connectivity index (χ2v) is 9.31. The van der Waals surface area contributed by atoms with Crippen LogP contribution in [0.4, 0.5) is 5.69 Å². The van der Waals surface area contributed by atoms with Crippen molar-refractivity contribution in [2.75, 3.05) is 39.7 Å². The summed E-state index contributed by atoms with van der Waals surface area (Å²) in [6.45, 7) is 1.57. The topological polar surface area (TPSA) is 97.3 Å². The van der Waals surface area contributed by atoms with Crippen LogP contribution in [0.15, 0.2) is 18.2 Å². The fraction of sp³-hybridized carbons (Fsp3) is 0.652. The highest BCUT2D eigenvalue weighted by Crippen LogP contribution is 2.51. The number of rotatable bonds is 3. The highest BCUT2D eigenvalue weighted by Gasteiger charge is 2.61. The van der Waals surface area contributed by atoms with Crippen molar-refractivity contribution >= 4 is 17.4 Å². The lowest BCUT2D eigenvalue weighted by atomic mass is 9.63. The van der Waals surface area contributed by atoms with E-state index in [-0.39, 0.29) is 29.6 Å². The van der Waals surface area contributed by atoms with Crippen LogP contribution < -0.4 is 10.1 Å². The fourth-order valence-electron chi connectivity index (χ4n) is 6.67. The van der Waals surface area contributed by atoms with Gasteiger partial charge in [-0.2, -0.15) is 0 Å². The smallest absolute Gasteiger partial charge is 0.311 e. The summed E-state index contributed by atoms with van der Waals surface area (Å²) in [6.07, 6.45) is 0.691. The van der Waals surface area contributed by atoms with Gasteiger partial charge in [-0.15, -0.1) is 0 Å². The summed E-state index contributed by atoms with van der Waals surface area (Å²) in [7, 11) is 4.52. The van der Waals surface area contributed by atoms with Crippen LogP contribution in [-0.4, -0.2) is 80.0 Å². The van der Waals surface area contributed by atoms with Crippen molar-refractivity contribution in [3.8, 4) is 5.75 Å². The molecule has 0 aromatic heterocycles. The molecule has 1 spiro atoms. The zero-order valence-electron chi connectivity index (χ0n) is 18.2. The molecule has 1 aromatic rings. The van der Waals surface area contributed by atoms with Gasteiger partial charge in [-0.3, -0.25) is 14.5 Å². The Hall–Kier alpha value is -2.16. The summed E-state index contributed by atoms with van der Waals surface area (Å²) >= 11 is 0. The lowest BCUT2D eigenvalue weighted by molar-refractivity contribution is -0.174. The summed E-state index contributed by atoms with van der Waals surface area (Å²) < 4.78 is 16.0. The molecule has 7 atom stereocenters. The van der Waals surface area contributed by atoms with Gasteiger partial charge in [0.2, 0.25) is 0 Å². The van der Waals surface area contributed by atoms with Gasteiger partial charge in [0, 0.05) is 43.6 Å². The average molecular weight is 431 g/mol. The number of aliphatic hydroxyl groups excluding tert-OH is 1. The Labute approximate surface area is 181 Å². The van der Waals surface area contributed by atoms with E-state index in [1.54, 1.807) is 7.11 Å². The van der Waals surface area contributed by atoms with Gasteiger partial charge in [-0.05, 0) is 43.2 Å². The molecular weight excluding hydrogens is 400 g/mol. The van der Waals surface area contributed by atoms with Gasteiger partial charge in [0.05, 0.1) is 32.3 Å². The molecule has 1 aliphatic carbocycles. The van der Waals surface area contributed by atoms with E-state index in [2.05, 4.69) is 10.2 Å². The third-order valence-corrected chi connectivity index (χ3v) is 8.09. The number of fused-ring (bicyclic) bond motifs is 4. The van der Waals surface area contributed by atoms with Gasteiger partial charge < -0.3 is 24.6 Å². The molecule has 2 saturated heterocycles. The second-order valence-electron chi connectivity index (χ2n) is 9.31. The van der Waals surface area contributed by atoms with Crippen molar-refractivity contribution < 1.29 is 28.9 Å². The number of ether oxygens (including phenoxy) is 3. The number of carbonyl (C=O) groups is 2. The Balaban J connectivity index is 1.48. The summed E-state index contributed by atoms with van der Waals surface area (Å²) in [5.41, 5.74) is 0.814. The van der Waals surface area contributed by atoms with Gasteiger partial charge in [0.25, 0.3) is 0 Å². The predicted molar refractivity (Wildman–Crippen MR) is 112 cm³/mol. The Morgan fingerprint density at radius 1 is 1.26 bits per heavy atom. The van der Waals surface area contributed by atoms with E-state index < -0.39 is 23.7 Å². The first-order valence-corrected chi connectivity index (χ1v) is 11.0. The van der Waals surface area contributed by atoms with Crippen molar-refractivity contribution in [1.82, 2.24) is 4.90 Å². The Kier molecular flexibility index (Phi) is 4.99. The first kappa shape index (κ1) is 20.7. The monoisotopic (exact) mass is 430 g/mol. The zero-order chi connectivity index (χ0) is 21.9. The molecule has 1 aromatic carbocycles. The molecule has 0 bridgehead atoms. The number of nitrogens with one attached hydrogen (secondary N) is 1. The summed E-state index contributed by atoms with van der Waals surface area (Å²) in [5, 5.41) is 14.2. The number of ketones is 1. The van der Waals surface area contributed by atoms with Crippen LogP contribution in [0.2, 0.25) is 0 Å². The number of hydrogen-bond acceptors (Lipinski definition) is 8. The quantitative estimate of drug-likeness (QED) is 0.693. The first-order valence-electron chi connectivity index (χ1n) is 11.0. The van der Waals surface area contributed by atoms with Crippen LogP contribution in [0.25, 0.3) is 0 Å². The Bertz CT molecular complexity index is 906. The maximum absolute atomic E-state index is 13.6. The molecule has 31 heavy (non-hydrogen) atoms. The number of piperidine rings is 1. The molecule has 1 saturated carbocycles. The minimum absolute atomic E-state index is 0.00938. The average Bonchev–Trinajstić information content (AvgIpc) is 3.27. The largest absolute Gasteiger partial charge is 0.497 e. The van der Waals surface area contributed by atoms with Crippen LogP contribution in [0.3, 0.4) is 0 Å². The number of hydrogen-bond donors (Lipinski definition) is 2. The lowest BCUT2D eigenvalue weighted by Gasteiger charge is -2.51. The molecule has 2 N–H and O–H groups in total. The maximum Gasteiger partial charge on any atom is 0.311 e. The van der Waals surface area contributed by atoms with Crippen molar-refractivity contribution in [1.29, 1.82) is 0 Å². The summed E-state index contributed by atoms with van der Waals surface area (Å²) in [6, 6.07) is 5.51. The van der Waals surface area contributed by atoms with E-state index in [1.165, 1.54) is 14.2 Å². The van der Waals surface area contributed by atoms with E-state index in [0.717, 1.165) is 18.8 Å². The minimum Gasteiger partial charge on any atom is -0.497 e. The van der Waals surface area contributed by atoms with Gasteiger partial charge >= 0.3 is 5.97 Å². The number of aliphatic hydroxyl groups is 1. The van der Waals surface area contributed by atoms with Crippen LogP contribution in [0, 0.1) is 17.8 Å². The fourth-order valence-corrected chi connectivity index (χ4v) is 6.67. The van der Waals surface area contributed by atoms with Gasteiger partial charge in [-0.1, -0.05) is 0 Å². The molecule has 5 rings (SSSR count). The van der Waals surface area contributed by atoms with Crippen LogP contribution in [-0.2, 0) is 14.3 Å². The number of Topliss-reactive ketones (excluding diaryl/α,β-unsaturated/α-hetero) is 1. The molecule has 3 aliphatic heterocycles. The van der Waals surface area contributed by atoms with Gasteiger partial charge in [-0.25, -0.2) is 0 Å². The van der Waals surface area contributed by atoms with E-state index >= 15 is 0 Å². The third-order valence-electron chi connectivity index (χ3n) is 8.09. The van der Waals surface area contributed by atoms with Crippen molar-refractivity contribution in [2.45, 2.75) is 43.1 Å². The molecule has 3 fully saturated rings. The molecule has 168 valence electrons. The number of anilines is 1. The third kappa shape index (κ3) is 2.92. The number of esters is 1. The van der Waals surface area contributed by atoms with Crippen molar-refractivity contribution in [2.24, 2.45) is 17.8 Å². The zero-order valence-corrected chi connectivity index (χ0v) is 18.2. The Morgan fingerprint density at radius 2 is 2.06 bits per heavy atom. The highest BCUT2D eigenvalue weighted by atomic mass is 16.5. The molecular formula is C23H30N2O6. The minimum atomic E-state index is -0.702. The SMILES string of the molecule is COC(=O)[C@H]1[C@H]2C[C@@H]3N(CC[C@@]34Nc3cc(OC)ccc3C4=O)C[C@H]2C[C@@H](O)[C@@H]1OC. The van der Waals surface area contributed by atoms with Crippen molar-refractivity contribution in [3.63, 3.8) is 0 Å². The summed E-state index contributed by atoms with van der Waals surface area (Å²) in [5.74, 6) is 0.0950.